The molecule has 0 aliphatic carbocycles. The Hall–Kier alpha value is -0.930. The molecule has 1 aromatic heterocycles. The molecule has 1 aliphatic rings. The molecule has 2 heterocycles. The number of hydrogen-bond acceptors (Lipinski definition) is 3. The highest BCUT2D eigenvalue weighted by Gasteiger charge is 2.13. The average molecular weight is 164 g/mol. The van der Waals surface area contributed by atoms with Gasteiger partial charge in [0.25, 0.3) is 0 Å². The maximum absolute atomic E-state index is 5.35. The Labute approximate surface area is 71.8 Å². The first kappa shape index (κ1) is 7.71. The predicted octanol–water partition coefficient (Wildman–Crippen LogP) is 0.742. The van der Waals surface area contributed by atoms with E-state index in [0.29, 0.717) is 6.04 Å². The Morgan fingerprint density at radius 2 is 2.25 bits per heavy atom. The van der Waals surface area contributed by atoms with Crippen molar-refractivity contribution in [2.75, 3.05) is 19.8 Å². The van der Waals surface area contributed by atoms with E-state index >= 15 is 0 Å². The van der Waals surface area contributed by atoms with Crippen LogP contribution in [0, 0.1) is 0 Å². The minimum atomic E-state index is 0.349. The van der Waals surface area contributed by atoms with E-state index in [4.69, 9.17) is 4.74 Å². The van der Waals surface area contributed by atoms with E-state index in [9.17, 15) is 0 Å². The summed E-state index contributed by atoms with van der Waals surface area (Å²) in [6.45, 7) is 2.53. The lowest BCUT2D eigenvalue weighted by Gasteiger charge is -2.23. The van der Waals surface area contributed by atoms with Gasteiger partial charge >= 0.3 is 0 Å². The van der Waals surface area contributed by atoms with Gasteiger partial charge in [-0.1, -0.05) is 0 Å². The molecule has 1 aromatic rings. The van der Waals surface area contributed by atoms with Crippen LogP contribution in [0.2, 0.25) is 0 Å². The summed E-state index contributed by atoms with van der Waals surface area (Å²) in [7, 11) is 0. The molecule has 2 rings (SSSR count). The molecule has 1 atom stereocenters. The minimum Gasteiger partial charge on any atom is -0.378 e. The standard InChI is InChI=1S/C9H12N2O/c1-3-10-4-2-8(1)9-7-12-6-5-11-9/h1-4,9,11H,5-7H2/t9-/m1/s1. The first-order valence-electron chi connectivity index (χ1n) is 4.18. The largest absolute Gasteiger partial charge is 0.378 e. The van der Waals surface area contributed by atoms with E-state index in [1.807, 2.05) is 24.5 Å². The average Bonchev–Trinajstić information content (AvgIpc) is 2.21. The summed E-state index contributed by atoms with van der Waals surface area (Å²) in [6.07, 6.45) is 3.62. The van der Waals surface area contributed by atoms with Crippen LogP contribution in [0.3, 0.4) is 0 Å². The second-order valence-corrected chi connectivity index (χ2v) is 2.86. The van der Waals surface area contributed by atoms with E-state index in [2.05, 4.69) is 10.3 Å². The van der Waals surface area contributed by atoms with Crippen molar-refractivity contribution in [3.63, 3.8) is 0 Å². The van der Waals surface area contributed by atoms with Crippen molar-refractivity contribution in [2.24, 2.45) is 0 Å². The fourth-order valence-electron chi connectivity index (χ4n) is 1.38. The van der Waals surface area contributed by atoms with Gasteiger partial charge in [-0.2, -0.15) is 0 Å². The van der Waals surface area contributed by atoms with Crippen molar-refractivity contribution < 1.29 is 4.74 Å². The number of hydrogen-bond donors (Lipinski definition) is 1. The number of pyridine rings is 1. The molecule has 0 aromatic carbocycles. The van der Waals surface area contributed by atoms with Gasteiger partial charge in [0, 0.05) is 18.9 Å². The maximum Gasteiger partial charge on any atom is 0.0662 e. The summed E-state index contributed by atoms with van der Waals surface area (Å²) in [5.74, 6) is 0. The second-order valence-electron chi connectivity index (χ2n) is 2.86. The number of rotatable bonds is 1. The highest BCUT2D eigenvalue weighted by Crippen LogP contribution is 2.13. The predicted molar refractivity (Wildman–Crippen MR) is 45.8 cm³/mol. The van der Waals surface area contributed by atoms with Gasteiger partial charge in [0.2, 0.25) is 0 Å². The van der Waals surface area contributed by atoms with Crippen LogP contribution >= 0.6 is 0 Å². The first-order chi connectivity index (χ1) is 5.97. The van der Waals surface area contributed by atoms with E-state index < -0.39 is 0 Å². The fraction of sp³-hybridized carbons (Fsp3) is 0.444. The van der Waals surface area contributed by atoms with Crippen molar-refractivity contribution in [3.05, 3.63) is 30.1 Å². The van der Waals surface area contributed by atoms with Gasteiger partial charge < -0.3 is 10.1 Å². The third-order valence-electron chi connectivity index (χ3n) is 2.03. The van der Waals surface area contributed by atoms with Crippen LogP contribution in [0.5, 0.6) is 0 Å². The first-order valence-corrected chi connectivity index (χ1v) is 4.18. The molecule has 12 heavy (non-hydrogen) atoms. The second kappa shape index (κ2) is 3.65. The van der Waals surface area contributed by atoms with Gasteiger partial charge in [-0.25, -0.2) is 0 Å². The van der Waals surface area contributed by atoms with Crippen LogP contribution in [0.25, 0.3) is 0 Å². The Bertz CT molecular complexity index is 232. The molecule has 3 heteroatoms. The third-order valence-corrected chi connectivity index (χ3v) is 2.03. The summed E-state index contributed by atoms with van der Waals surface area (Å²) in [6, 6.07) is 4.39. The fourth-order valence-corrected chi connectivity index (χ4v) is 1.38. The van der Waals surface area contributed by atoms with Gasteiger partial charge in [-0.15, -0.1) is 0 Å². The quantitative estimate of drug-likeness (QED) is 0.664. The number of morpholine rings is 1. The van der Waals surface area contributed by atoms with Crippen LogP contribution in [-0.2, 0) is 4.74 Å². The van der Waals surface area contributed by atoms with Gasteiger partial charge in [0.05, 0.1) is 19.3 Å². The molecule has 64 valence electrons. The zero-order valence-corrected chi connectivity index (χ0v) is 6.86. The lowest BCUT2D eigenvalue weighted by Crippen LogP contribution is -2.34. The molecular formula is C9H12N2O. The molecule has 0 bridgehead atoms. The van der Waals surface area contributed by atoms with Crippen molar-refractivity contribution in [2.45, 2.75) is 6.04 Å². The van der Waals surface area contributed by atoms with Crippen LogP contribution in [0.15, 0.2) is 24.5 Å². The lowest BCUT2D eigenvalue weighted by atomic mass is 10.1. The monoisotopic (exact) mass is 164 g/mol. The topological polar surface area (TPSA) is 34.1 Å². The Balaban J connectivity index is 2.08. The summed E-state index contributed by atoms with van der Waals surface area (Å²) < 4.78 is 5.35. The Kier molecular flexibility index (Phi) is 2.34. The van der Waals surface area contributed by atoms with Crippen molar-refractivity contribution in [1.82, 2.24) is 10.3 Å². The van der Waals surface area contributed by atoms with Crippen molar-refractivity contribution in [1.29, 1.82) is 0 Å². The highest BCUT2D eigenvalue weighted by atomic mass is 16.5. The molecule has 1 saturated heterocycles. The molecular weight excluding hydrogens is 152 g/mol. The van der Waals surface area contributed by atoms with Gasteiger partial charge in [0.1, 0.15) is 0 Å². The van der Waals surface area contributed by atoms with E-state index in [1.165, 1.54) is 5.56 Å². The highest BCUT2D eigenvalue weighted by molar-refractivity contribution is 5.15. The summed E-state index contributed by atoms with van der Waals surface area (Å²) >= 11 is 0. The van der Waals surface area contributed by atoms with Gasteiger partial charge in [0.15, 0.2) is 0 Å². The van der Waals surface area contributed by atoms with E-state index in [-0.39, 0.29) is 0 Å². The molecule has 0 radical (unpaired) electrons. The smallest absolute Gasteiger partial charge is 0.0662 e. The third kappa shape index (κ3) is 1.62. The van der Waals surface area contributed by atoms with Crippen LogP contribution in [-0.4, -0.2) is 24.7 Å². The van der Waals surface area contributed by atoms with Crippen molar-refractivity contribution >= 4 is 0 Å². The molecule has 1 aliphatic heterocycles. The summed E-state index contributed by atoms with van der Waals surface area (Å²) in [5.41, 5.74) is 1.25. The van der Waals surface area contributed by atoms with Crippen LogP contribution in [0.1, 0.15) is 11.6 Å². The molecule has 0 saturated carbocycles. The van der Waals surface area contributed by atoms with Gasteiger partial charge in [-0.3, -0.25) is 4.98 Å². The molecule has 1 N–H and O–H groups in total. The maximum atomic E-state index is 5.35. The molecule has 1 fully saturated rings. The van der Waals surface area contributed by atoms with Crippen LogP contribution < -0.4 is 5.32 Å². The van der Waals surface area contributed by atoms with E-state index in [0.717, 1.165) is 19.8 Å². The zero-order valence-electron chi connectivity index (χ0n) is 6.86. The normalized spacial score (nSPS) is 23.8. The molecule has 0 spiro atoms. The Morgan fingerprint density at radius 1 is 1.42 bits per heavy atom. The molecule has 0 unspecified atom stereocenters. The number of nitrogens with one attached hydrogen (secondary N) is 1. The van der Waals surface area contributed by atoms with Crippen LogP contribution in [0.4, 0.5) is 0 Å². The van der Waals surface area contributed by atoms with E-state index in [1.54, 1.807) is 0 Å². The minimum absolute atomic E-state index is 0.349. The lowest BCUT2D eigenvalue weighted by molar-refractivity contribution is 0.0768. The number of ether oxygens (including phenoxy) is 1. The Morgan fingerprint density at radius 3 is 2.92 bits per heavy atom. The zero-order chi connectivity index (χ0) is 8.23. The molecule has 0 amide bonds. The number of nitrogens with zero attached hydrogens (tertiary/aromatic N) is 1. The van der Waals surface area contributed by atoms with Crippen molar-refractivity contribution in [3.8, 4) is 0 Å². The number of aromatic nitrogens is 1. The van der Waals surface area contributed by atoms with Gasteiger partial charge in [-0.05, 0) is 17.7 Å². The SMILES string of the molecule is c1cc([C@H]2COCCN2)ccn1. The summed E-state index contributed by atoms with van der Waals surface area (Å²) in [5, 5.41) is 3.38. The summed E-state index contributed by atoms with van der Waals surface area (Å²) in [4.78, 5) is 3.97. The molecule has 3 nitrogen and oxygen atoms in total.